The Morgan fingerprint density at radius 1 is 0.905 bits per heavy atom. The van der Waals surface area contributed by atoms with Crippen LogP contribution >= 0.6 is 0 Å². The van der Waals surface area contributed by atoms with E-state index in [1.165, 1.54) is 6.92 Å². The SMILES string of the molecule is CC(=O)N(C(=O)Nc1c(C)cccc1C)c1ccccc1. The fraction of sp³-hybridized carbons (Fsp3) is 0.176. The molecule has 2 aromatic carbocycles. The Balaban J connectivity index is 2.31. The van der Waals surface area contributed by atoms with Gasteiger partial charge in [-0.2, -0.15) is 0 Å². The molecule has 0 saturated carbocycles. The lowest BCUT2D eigenvalue weighted by Crippen LogP contribution is -2.38. The third-order valence-electron chi connectivity index (χ3n) is 3.25. The molecule has 4 nitrogen and oxygen atoms in total. The molecule has 0 spiro atoms. The van der Waals surface area contributed by atoms with Crippen molar-refractivity contribution < 1.29 is 9.59 Å². The Hall–Kier alpha value is -2.62. The van der Waals surface area contributed by atoms with Crippen LogP contribution in [-0.2, 0) is 4.79 Å². The van der Waals surface area contributed by atoms with Crippen molar-refractivity contribution in [2.75, 3.05) is 10.2 Å². The molecule has 2 rings (SSSR count). The van der Waals surface area contributed by atoms with E-state index in [0.29, 0.717) is 5.69 Å². The molecule has 0 aromatic heterocycles. The zero-order valence-electron chi connectivity index (χ0n) is 12.4. The first-order chi connectivity index (χ1) is 10.0. The van der Waals surface area contributed by atoms with Gasteiger partial charge in [-0.15, -0.1) is 0 Å². The molecule has 4 heteroatoms. The Labute approximate surface area is 124 Å². The number of carbonyl (C=O) groups excluding carboxylic acids is 2. The van der Waals surface area contributed by atoms with E-state index in [9.17, 15) is 9.59 Å². The highest BCUT2D eigenvalue weighted by molar-refractivity contribution is 6.18. The van der Waals surface area contributed by atoms with E-state index in [0.717, 1.165) is 21.7 Å². The molecule has 0 atom stereocenters. The minimum Gasteiger partial charge on any atom is -0.307 e. The topological polar surface area (TPSA) is 49.4 Å². The van der Waals surface area contributed by atoms with Crippen LogP contribution in [0, 0.1) is 13.8 Å². The summed E-state index contributed by atoms with van der Waals surface area (Å²) in [5, 5.41) is 2.82. The predicted molar refractivity (Wildman–Crippen MR) is 84.5 cm³/mol. The largest absolute Gasteiger partial charge is 0.333 e. The smallest absolute Gasteiger partial charge is 0.307 e. The quantitative estimate of drug-likeness (QED) is 0.908. The van der Waals surface area contributed by atoms with Gasteiger partial charge in [0.25, 0.3) is 0 Å². The molecule has 0 radical (unpaired) electrons. The van der Waals surface area contributed by atoms with E-state index in [1.807, 2.05) is 38.1 Å². The van der Waals surface area contributed by atoms with Crippen LogP contribution in [0.25, 0.3) is 0 Å². The number of hydrogen-bond donors (Lipinski definition) is 1. The van der Waals surface area contributed by atoms with E-state index in [2.05, 4.69) is 5.32 Å². The van der Waals surface area contributed by atoms with E-state index in [-0.39, 0.29) is 5.91 Å². The monoisotopic (exact) mass is 282 g/mol. The van der Waals surface area contributed by atoms with Crippen molar-refractivity contribution in [1.29, 1.82) is 0 Å². The maximum absolute atomic E-state index is 12.5. The lowest BCUT2D eigenvalue weighted by atomic mass is 10.1. The fourth-order valence-corrected chi connectivity index (χ4v) is 2.19. The number of amides is 3. The molecule has 0 bridgehead atoms. The zero-order valence-corrected chi connectivity index (χ0v) is 12.4. The molecule has 108 valence electrons. The minimum atomic E-state index is -0.453. The van der Waals surface area contributed by atoms with Crippen molar-refractivity contribution in [3.63, 3.8) is 0 Å². The van der Waals surface area contributed by atoms with Crippen molar-refractivity contribution in [2.24, 2.45) is 0 Å². The molecule has 0 fully saturated rings. The van der Waals surface area contributed by atoms with Gasteiger partial charge in [-0.1, -0.05) is 36.4 Å². The normalized spacial score (nSPS) is 10.0. The Kier molecular flexibility index (Phi) is 4.38. The number of nitrogens with zero attached hydrogens (tertiary/aromatic N) is 1. The van der Waals surface area contributed by atoms with E-state index >= 15 is 0 Å². The van der Waals surface area contributed by atoms with E-state index in [1.54, 1.807) is 24.3 Å². The number of urea groups is 1. The number of nitrogens with one attached hydrogen (secondary N) is 1. The van der Waals surface area contributed by atoms with Crippen molar-refractivity contribution in [2.45, 2.75) is 20.8 Å². The number of para-hydroxylation sites is 2. The first-order valence-electron chi connectivity index (χ1n) is 6.73. The number of rotatable bonds is 2. The first kappa shape index (κ1) is 14.8. The van der Waals surface area contributed by atoms with Crippen LogP contribution in [0.5, 0.6) is 0 Å². The second-order valence-corrected chi connectivity index (χ2v) is 4.89. The summed E-state index contributed by atoms with van der Waals surface area (Å²) in [4.78, 5) is 25.4. The number of aryl methyl sites for hydroxylation is 2. The van der Waals surface area contributed by atoms with Crippen LogP contribution in [0.3, 0.4) is 0 Å². The van der Waals surface area contributed by atoms with Crippen molar-refractivity contribution in [3.05, 3.63) is 59.7 Å². The Bertz CT molecular complexity index is 645. The van der Waals surface area contributed by atoms with Crippen LogP contribution in [-0.4, -0.2) is 11.9 Å². The molecular weight excluding hydrogens is 264 g/mol. The second-order valence-electron chi connectivity index (χ2n) is 4.89. The summed E-state index contributed by atoms with van der Waals surface area (Å²) < 4.78 is 0. The summed E-state index contributed by atoms with van der Waals surface area (Å²) in [6, 6.07) is 14.2. The average Bonchev–Trinajstić information content (AvgIpc) is 2.44. The average molecular weight is 282 g/mol. The van der Waals surface area contributed by atoms with Crippen molar-refractivity contribution in [1.82, 2.24) is 0 Å². The predicted octanol–water partition coefficient (Wildman–Crippen LogP) is 3.89. The molecule has 0 aliphatic carbocycles. The number of benzene rings is 2. The summed E-state index contributed by atoms with van der Waals surface area (Å²) >= 11 is 0. The number of anilines is 2. The minimum absolute atomic E-state index is 0.329. The maximum Gasteiger partial charge on any atom is 0.333 e. The van der Waals surface area contributed by atoms with Gasteiger partial charge >= 0.3 is 6.03 Å². The second kappa shape index (κ2) is 6.22. The number of carbonyl (C=O) groups is 2. The third-order valence-corrected chi connectivity index (χ3v) is 3.25. The Morgan fingerprint density at radius 2 is 1.48 bits per heavy atom. The highest BCUT2D eigenvalue weighted by Gasteiger charge is 2.20. The van der Waals surface area contributed by atoms with Gasteiger partial charge in [-0.05, 0) is 37.1 Å². The van der Waals surface area contributed by atoms with Gasteiger partial charge in [-0.25, -0.2) is 9.69 Å². The molecular formula is C17H18N2O2. The van der Waals surface area contributed by atoms with Crippen molar-refractivity contribution >= 4 is 23.3 Å². The molecule has 0 aliphatic rings. The molecule has 21 heavy (non-hydrogen) atoms. The van der Waals surface area contributed by atoms with Crippen LogP contribution in [0.4, 0.5) is 16.2 Å². The van der Waals surface area contributed by atoms with Crippen LogP contribution in [0.15, 0.2) is 48.5 Å². The van der Waals surface area contributed by atoms with Crippen LogP contribution < -0.4 is 10.2 Å². The lowest BCUT2D eigenvalue weighted by Gasteiger charge is -2.21. The van der Waals surface area contributed by atoms with Gasteiger partial charge in [0.05, 0.1) is 5.69 Å². The van der Waals surface area contributed by atoms with Gasteiger partial charge in [0, 0.05) is 12.6 Å². The summed E-state index contributed by atoms with van der Waals surface area (Å²) in [6.07, 6.45) is 0. The fourth-order valence-electron chi connectivity index (χ4n) is 2.19. The molecule has 0 aliphatic heterocycles. The van der Waals surface area contributed by atoms with Crippen molar-refractivity contribution in [3.8, 4) is 0 Å². The summed E-state index contributed by atoms with van der Waals surface area (Å²) in [5.41, 5.74) is 3.21. The van der Waals surface area contributed by atoms with Crippen LogP contribution in [0.1, 0.15) is 18.1 Å². The molecule has 3 amide bonds. The first-order valence-corrected chi connectivity index (χ1v) is 6.73. The number of hydrogen-bond acceptors (Lipinski definition) is 2. The maximum atomic E-state index is 12.5. The van der Waals surface area contributed by atoms with Crippen LogP contribution in [0.2, 0.25) is 0 Å². The third kappa shape index (κ3) is 3.28. The summed E-state index contributed by atoms with van der Waals surface area (Å²) in [7, 11) is 0. The van der Waals surface area contributed by atoms with Gasteiger partial charge in [0.15, 0.2) is 0 Å². The van der Waals surface area contributed by atoms with Gasteiger partial charge in [0.1, 0.15) is 0 Å². The highest BCUT2D eigenvalue weighted by atomic mass is 16.2. The Morgan fingerprint density at radius 3 is 2.00 bits per heavy atom. The van der Waals surface area contributed by atoms with Gasteiger partial charge < -0.3 is 5.32 Å². The molecule has 1 N–H and O–H groups in total. The number of imide groups is 1. The summed E-state index contributed by atoms with van der Waals surface area (Å²) in [6.45, 7) is 5.21. The standard InChI is InChI=1S/C17H18N2O2/c1-12-8-7-9-13(2)16(12)18-17(21)19(14(3)20)15-10-5-4-6-11-15/h4-11H,1-3H3,(H,18,21). The van der Waals surface area contributed by atoms with E-state index in [4.69, 9.17) is 0 Å². The molecule has 0 unspecified atom stereocenters. The van der Waals surface area contributed by atoms with Gasteiger partial charge in [-0.3, -0.25) is 4.79 Å². The molecule has 0 heterocycles. The molecule has 2 aromatic rings. The summed E-state index contributed by atoms with van der Waals surface area (Å²) in [5.74, 6) is -0.329. The van der Waals surface area contributed by atoms with Gasteiger partial charge in [0.2, 0.25) is 5.91 Å². The lowest BCUT2D eigenvalue weighted by molar-refractivity contribution is -0.115. The zero-order chi connectivity index (χ0) is 15.4. The van der Waals surface area contributed by atoms with E-state index < -0.39 is 6.03 Å². The molecule has 0 saturated heterocycles. The highest BCUT2D eigenvalue weighted by Crippen LogP contribution is 2.21.